The number of anilines is 2. The average Bonchev–Trinajstić information content (AvgIpc) is 2.65. The number of aromatic nitrogens is 2. The summed E-state index contributed by atoms with van der Waals surface area (Å²) in [5, 5.41) is 0. The third-order valence-electron chi connectivity index (χ3n) is 4.39. The van der Waals surface area contributed by atoms with Crippen molar-refractivity contribution in [3.8, 4) is 6.01 Å². The molecule has 1 aromatic carbocycles. The largest absolute Gasteiger partial charge is 0.460 e. The van der Waals surface area contributed by atoms with Crippen molar-refractivity contribution in [3.05, 3.63) is 41.6 Å². The Kier molecular flexibility index (Phi) is 7.05. The van der Waals surface area contributed by atoms with Gasteiger partial charge in [-0.15, -0.1) is 0 Å². The first-order chi connectivity index (χ1) is 12.8. The third kappa shape index (κ3) is 5.58. The van der Waals surface area contributed by atoms with Gasteiger partial charge in [0.2, 0.25) is 0 Å². The molecule has 0 bridgehead atoms. The summed E-state index contributed by atoms with van der Waals surface area (Å²) in [6.45, 7) is 5.86. The van der Waals surface area contributed by atoms with Crippen LogP contribution in [0.2, 0.25) is 0 Å². The van der Waals surface area contributed by atoms with Gasteiger partial charge in [0.1, 0.15) is 5.56 Å². The Morgan fingerprint density at radius 1 is 1.15 bits per heavy atom. The summed E-state index contributed by atoms with van der Waals surface area (Å²) in [7, 11) is 1.56. The van der Waals surface area contributed by atoms with E-state index in [-0.39, 0.29) is 17.9 Å². The van der Waals surface area contributed by atoms with E-state index in [0.717, 1.165) is 31.0 Å². The minimum absolute atomic E-state index is 0.0567. The molecule has 0 saturated heterocycles. The molecule has 1 heterocycles. The lowest BCUT2D eigenvalue weighted by Gasteiger charge is -2.23. The molecule has 0 saturated carbocycles. The first-order valence-electron chi connectivity index (χ1n) is 9.19. The molecule has 0 aliphatic carbocycles. The summed E-state index contributed by atoms with van der Waals surface area (Å²) >= 11 is 0. The highest BCUT2D eigenvalue weighted by atomic mass is 19.4. The van der Waals surface area contributed by atoms with Crippen molar-refractivity contribution in [2.45, 2.75) is 58.7 Å². The Bertz CT molecular complexity index is 732. The maximum absolute atomic E-state index is 13.4. The maximum atomic E-state index is 13.4. The predicted molar refractivity (Wildman–Crippen MR) is 101 cm³/mol. The van der Waals surface area contributed by atoms with Crippen LogP contribution < -0.4 is 9.64 Å². The number of hydrogen-bond donors (Lipinski definition) is 0. The number of aryl methyl sites for hydroxylation is 1. The van der Waals surface area contributed by atoms with E-state index in [1.54, 1.807) is 7.05 Å². The molecule has 7 heteroatoms. The Hall–Kier alpha value is -2.31. The summed E-state index contributed by atoms with van der Waals surface area (Å²) in [4.78, 5) is 9.20. The molecule has 27 heavy (non-hydrogen) atoms. The van der Waals surface area contributed by atoms with Gasteiger partial charge in [-0.25, -0.2) is 4.98 Å². The van der Waals surface area contributed by atoms with Gasteiger partial charge in [0.15, 0.2) is 5.82 Å². The monoisotopic (exact) mass is 381 g/mol. The molecule has 0 spiro atoms. The van der Waals surface area contributed by atoms with Crippen LogP contribution in [0.1, 0.15) is 51.2 Å². The van der Waals surface area contributed by atoms with Crippen molar-refractivity contribution in [1.82, 2.24) is 9.97 Å². The van der Waals surface area contributed by atoms with Gasteiger partial charge in [0, 0.05) is 18.9 Å². The molecule has 0 amide bonds. The molecule has 1 aromatic heterocycles. The molecule has 2 rings (SSSR count). The quantitative estimate of drug-likeness (QED) is 0.581. The van der Waals surface area contributed by atoms with Crippen LogP contribution in [0.25, 0.3) is 0 Å². The summed E-state index contributed by atoms with van der Waals surface area (Å²) in [6, 6.07) is 7.43. The molecule has 1 unspecified atom stereocenters. The number of halogens is 3. The van der Waals surface area contributed by atoms with Gasteiger partial charge >= 0.3 is 12.2 Å². The normalized spacial score (nSPS) is 12.7. The fraction of sp³-hybridized carbons (Fsp3) is 0.500. The molecule has 0 aliphatic heterocycles. The van der Waals surface area contributed by atoms with Crippen molar-refractivity contribution in [2.24, 2.45) is 0 Å². The number of alkyl halides is 3. The SMILES string of the molecule is CCCCc1ccc(N(C)c2nc(OC(C)CC)ncc2C(F)(F)F)cc1. The first kappa shape index (κ1) is 21.0. The minimum Gasteiger partial charge on any atom is -0.460 e. The lowest BCUT2D eigenvalue weighted by molar-refractivity contribution is -0.137. The second kappa shape index (κ2) is 9.06. The first-order valence-corrected chi connectivity index (χ1v) is 9.19. The minimum atomic E-state index is -4.56. The standard InChI is InChI=1S/C20H26F3N3O/c1-5-7-8-15-9-11-16(12-10-15)26(4)18-17(20(21,22)23)13-24-19(25-18)27-14(3)6-2/h9-14H,5-8H2,1-4H3. The summed E-state index contributed by atoms with van der Waals surface area (Å²) < 4.78 is 45.8. The van der Waals surface area contributed by atoms with Gasteiger partial charge in [-0.05, 0) is 43.9 Å². The molecule has 148 valence electrons. The van der Waals surface area contributed by atoms with Gasteiger partial charge < -0.3 is 9.64 Å². The number of unbranched alkanes of at least 4 members (excludes halogenated alkanes) is 1. The molecule has 2 aromatic rings. The Labute approximate surface area is 158 Å². The number of benzene rings is 1. The Balaban J connectivity index is 2.36. The van der Waals surface area contributed by atoms with Gasteiger partial charge in [0.25, 0.3) is 0 Å². The lowest BCUT2D eigenvalue weighted by Crippen LogP contribution is -2.20. The molecule has 0 N–H and O–H groups in total. The topological polar surface area (TPSA) is 38.2 Å². The van der Waals surface area contributed by atoms with Gasteiger partial charge in [-0.1, -0.05) is 32.4 Å². The van der Waals surface area contributed by atoms with Crippen LogP contribution in [0.3, 0.4) is 0 Å². The van der Waals surface area contributed by atoms with Crippen LogP contribution >= 0.6 is 0 Å². The van der Waals surface area contributed by atoms with E-state index in [0.29, 0.717) is 12.1 Å². The highest BCUT2D eigenvalue weighted by Crippen LogP contribution is 2.37. The second-order valence-electron chi connectivity index (χ2n) is 6.55. The van der Waals surface area contributed by atoms with E-state index >= 15 is 0 Å². The van der Waals surface area contributed by atoms with Crippen LogP contribution in [0.4, 0.5) is 24.7 Å². The lowest BCUT2D eigenvalue weighted by atomic mass is 10.1. The van der Waals surface area contributed by atoms with Crippen molar-refractivity contribution in [3.63, 3.8) is 0 Å². The van der Waals surface area contributed by atoms with Gasteiger partial charge in [-0.2, -0.15) is 18.2 Å². The molecular weight excluding hydrogens is 355 g/mol. The van der Waals surface area contributed by atoms with E-state index in [1.165, 1.54) is 4.90 Å². The number of hydrogen-bond acceptors (Lipinski definition) is 4. The van der Waals surface area contributed by atoms with E-state index in [4.69, 9.17) is 4.74 Å². The van der Waals surface area contributed by atoms with Crippen molar-refractivity contribution in [1.29, 1.82) is 0 Å². The van der Waals surface area contributed by atoms with Crippen LogP contribution in [0.15, 0.2) is 30.5 Å². The number of ether oxygens (including phenoxy) is 1. The third-order valence-corrected chi connectivity index (χ3v) is 4.39. The van der Waals surface area contributed by atoms with Crippen molar-refractivity contribution in [2.75, 3.05) is 11.9 Å². The van der Waals surface area contributed by atoms with Crippen molar-refractivity contribution < 1.29 is 17.9 Å². The zero-order valence-corrected chi connectivity index (χ0v) is 16.2. The van der Waals surface area contributed by atoms with E-state index in [9.17, 15) is 13.2 Å². The van der Waals surface area contributed by atoms with Gasteiger partial charge in [-0.3, -0.25) is 0 Å². The van der Waals surface area contributed by atoms with E-state index < -0.39 is 11.7 Å². The van der Waals surface area contributed by atoms with Gasteiger partial charge in [0.05, 0.1) is 6.10 Å². The summed E-state index contributed by atoms with van der Waals surface area (Å²) in [6.07, 6.45) is -0.126. The maximum Gasteiger partial charge on any atom is 0.421 e. The molecule has 4 nitrogen and oxygen atoms in total. The molecule has 0 fully saturated rings. The van der Waals surface area contributed by atoms with Crippen LogP contribution in [-0.4, -0.2) is 23.1 Å². The fourth-order valence-electron chi connectivity index (χ4n) is 2.52. The molecule has 1 atom stereocenters. The summed E-state index contributed by atoms with van der Waals surface area (Å²) in [5.41, 5.74) is 0.888. The summed E-state index contributed by atoms with van der Waals surface area (Å²) in [5.74, 6) is -0.225. The molecular formula is C20H26F3N3O. The smallest absolute Gasteiger partial charge is 0.421 e. The molecule has 0 aliphatic rings. The highest BCUT2D eigenvalue weighted by molar-refractivity contribution is 5.63. The van der Waals surface area contributed by atoms with E-state index in [1.807, 2.05) is 38.1 Å². The zero-order valence-electron chi connectivity index (χ0n) is 16.2. The fourth-order valence-corrected chi connectivity index (χ4v) is 2.52. The number of rotatable bonds is 8. The highest BCUT2D eigenvalue weighted by Gasteiger charge is 2.36. The number of nitrogens with zero attached hydrogens (tertiary/aromatic N) is 3. The van der Waals surface area contributed by atoms with E-state index in [2.05, 4.69) is 16.9 Å². The Morgan fingerprint density at radius 2 is 1.81 bits per heavy atom. The predicted octanol–water partition coefficient (Wildman–Crippen LogP) is 5.78. The second-order valence-corrected chi connectivity index (χ2v) is 6.55. The van der Waals surface area contributed by atoms with Crippen LogP contribution in [0, 0.1) is 0 Å². The van der Waals surface area contributed by atoms with Crippen LogP contribution in [-0.2, 0) is 12.6 Å². The molecule has 0 radical (unpaired) electrons. The Morgan fingerprint density at radius 3 is 2.37 bits per heavy atom. The zero-order chi connectivity index (χ0) is 20.0. The van der Waals surface area contributed by atoms with Crippen molar-refractivity contribution >= 4 is 11.5 Å². The average molecular weight is 381 g/mol. The van der Waals surface area contributed by atoms with Crippen LogP contribution in [0.5, 0.6) is 6.01 Å².